The van der Waals surface area contributed by atoms with Crippen molar-refractivity contribution in [1.82, 2.24) is 0 Å². The van der Waals surface area contributed by atoms with Gasteiger partial charge in [0.2, 0.25) is 17.1 Å². The molecule has 0 spiro atoms. The van der Waals surface area contributed by atoms with Gasteiger partial charge < -0.3 is 14.2 Å². The predicted molar refractivity (Wildman–Crippen MR) is 96.6 cm³/mol. The molecule has 2 aliphatic heterocycles. The van der Waals surface area contributed by atoms with Crippen molar-refractivity contribution >= 4 is 5.90 Å². The maximum absolute atomic E-state index is 10.3. The molecule has 1 aliphatic carbocycles. The fourth-order valence-corrected chi connectivity index (χ4v) is 5.20. The molecule has 4 rings (SSSR count). The van der Waals surface area contributed by atoms with Crippen molar-refractivity contribution in [2.75, 3.05) is 7.11 Å². The van der Waals surface area contributed by atoms with E-state index in [-0.39, 0.29) is 5.90 Å². The van der Waals surface area contributed by atoms with Crippen LogP contribution in [0, 0.1) is 56.2 Å². The zero-order chi connectivity index (χ0) is 20.0. The number of para-hydroxylation sites is 1. The second-order valence-electron chi connectivity index (χ2n) is 7.59. The summed E-state index contributed by atoms with van der Waals surface area (Å²) in [6, 6.07) is 13.4. The van der Waals surface area contributed by atoms with Crippen LogP contribution in [0.4, 0.5) is 0 Å². The largest absolute Gasteiger partial charge is 0.496 e. The zero-order valence-corrected chi connectivity index (χ0v) is 15.6. The van der Waals surface area contributed by atoms with Crippen LogP contribution in [0.25, 0.3) is 0 Å². The molecule has 3 fully saturated rings. The standard InChI is InChI=1S/C21H20N4O3/c1-26-15-8-5-4-7-14(15)17-19(11-22,12-23)20(13-24)16-9-3-2-6-10-21(16,27-17)28-18(20)25/h4-5,7-8,16-17,25H,2-3,6,9-10H2,1H3. The number of nitrogens with zero attached hydrogens (tertiary/aromatic N) is 3. The first-order chi connectivity index (χ1) is 13.5. The molecule has 0 radical (unpaired) electrons. The van der Waals surface area contributed by atoms with Crippen LogP contribution in [0.3, 0.4) is 0 Å². The molecule has 28 heavy (non-hydrogen) atoms. The summed E-state index contributed by atoms with van der Waals surface area (Å²) in [6.07, 6.45) is 2.63. The molecule has 2 saturated heterocycles. The molecule has 4 atom stereocenters. The number of methoxy groups -OCH3 is 1. The number of nitrogens with one attached hydrogen (secondary N) is 1. The Morgan fingerprint density at radius 2 is 1.86 bits per heavy atom. The molecule has 3 aliphatic rings. The van der Waals surface area contributed by atoms with Crippen LogP contribution in [0.15, 0.2) is 24.3 Å². The van der Waals surface area contributed by atoms with Crippen LogP contribution in [-0.4, -0.2) is 18.8 Å². The molecule has 4 unspecified atom stereocenters. The lowest BCUT2D eigenvalue weighted by Crippen LogP contribution is -2.59. The topological polar surface area (TPSA) is 123 Å². The molecule has 142 valence electrons. The van der Waals surface area contributed by atoms with Gasteiger partial charge in [-0.1, -0.05) is 31.0 Å². The summed E-state index contributed by atoms with van der Waals surface area (Å²) in [4.78, 5) is 0. The van der Waals surface area contributed by atoms with Gasteiger partial charge in [-0.2, -0.15) is 15.8 Å². The maximum Gasteiger partial charge on any atom is 0.217 e. The zero-order valence-electron chi connectivity index (χ0n) is 15.6. The fourth-order valence-electron chi connectivity index (χ4n) is 5.20. The monoisotopic (exact) mass is 376 g/mol. The molecular formula is C21H20N4O3. The normalized spacial score (nSPS) is 35.3. The van der Waals surface area contributed by atoms with Crippen LogP contribution in [0.5, 0.6) is 5.75 Å². The average Bonchev–Trinajstić information content (AvgIpc) is 2.86. The molecule has 0 aromatic heterocycles. The summed E-state index contributed by atoms with van der Waals surface area (Å²) in [6.45, 7) is 0. The first kappa shape index (κ1) is 18.3. The van der Waals surface area contributed by atoms with E-state index in [4.69, 9.17) is 19.6 Å². The molecular weight excluding hydrogens is 356 g/mol. The quantitative estimate of drug-likeness (QED) is 0.841. The number of nitriles is 3. The van der Waals surface area contributed by atoms with Crippen molar-refractivity contribution in [2.45, 2.75) is 44.0 Å². The van der Waals surface area contributed by atoms with E-state index in [9.17, 15) is 15.8 Å². The van der Waals surface area contributed by atoms with Gasteiger partial charge in [0, 0.05) is 12.0 Å². The molecule has 0 amide bonds. The highest BCUT2D eigenvalue weighted by molar-refractivity contribution is 5.89. The highest BCUT2D eigenvalue weighted by atomic mass is 16.7. The lowest BCUT2D eigenvalue weighted by molar-refractivity contribution is -0.285. The minimum atomic E-state index is -1.93. The smallest absolute Gasteiger partial charge is 0.217 e. The van der Waals surface area contributed by atoms with Crippen LogP contribution in [0.1, 0.15) is 43.8 Å². The molecule has 2 heterocycles. The third-order valence-electron chi connectivity index (χ3n) is 6.49. The van der Waals surface area contributed by atoms with Crippen molar-refractivity contribution in [3.8, 4) is 24.0 Å². The van der Waals surface area contributed by atoms with Crippen LogP contribution in [0.2, 0.25) is 0 Å². The summed E-state index contributed by atoms with van der Waals surface area (Å²) in [7, 11) is 1.50. The predicted octanol–water partition coefficient (Wildman–Crippen LogP) is 3.59. The number of benzene rings is 1. The van der Waals surface area contributed by atoms with E-state index in [0.717, 1.165) is 19.3 Å². The highest BCUT2D eigenvalue weighted by Crippen LogP contribution is 2.69. The van der Waals surface area contributed by atoms with Gasteiger partial charge in [0.15, 0.2) is 5.41 Å². The Balaban J connectivity index is 2.02. The van der Waals surface area contributed by atoms with Gasteiger partial charge in [-0.3, -0.25) is 5.41 Å². The summed E-state index contributed by atoms with van der Waals surface area (Å²) < 4.78 is 17.8. The summed E-state index contributed by atoms with van der Waals surface area (Å²) in [5.41, 5.74) is -3.11. The minimum absolute atomic E-state index is 0.331. The minimum Gasteiger partial charge on any atom is -0.496 e. The number of ether oxygens (including phenoxy) is 3. The summed E-state index contributed by atoms with van der Waals surface area (Å²) >= 11 is 0. The second-order valence-corrected chi connectivity index (χ2v) is 7.59. The van der Waals surface area contributed by atoms with Crippen LogP contribution >= 0.6 is 0 Å². The molecule has 1 aromatic carbocycles. The molecule has 1 N–H and O–H groups in total. The maximum atomic E-state index is 10.3. The molecule has 2 bridgehead atoms. The third kappa shape index (κ3) is 1.96. The number of rotatable bonds is 2. The lowest BCUT2D eigenvalue weighted by Gasteiger charge is -2.49. The van der Waals surface area contributed by atoms with E-state index in [2.05, 4.69) is 18.2 Å². The van der Waals surface area contributed by atoms with Crippen LogP contribution in [-0.2, 0) is 9.47 Å². The van der Waals surface area contributed by atoms with Crippen molar-refractivity contribution in [2.24, 2.45) is 16.7 Å². The Morgan fingerprint density at radius 1 is 1.11 bits per heavy atom. The van der Waals surface area contributed by atoms with Gasteiger partial charge in [0.05, 0.1) is 31.2 Å². The second kappa shape index (κ2) is 6.23. The SMILES string of the molecule is COc1ccccc1C1OC23CCCCCC2C(C#N)(C(=N)O3)C1(C#N)C#N. The van der Waals surface area contributed by atoms with Crippen molar-refractivity contribution in [3.05, 3.63) is 29.8 Å². The van der Waals surface area contributed by atoms with E-state index in [1.165, 1.54) is 7.11 Å². The first-order valence-corrected chi connectivity index (χ1v) is 9.38. The van der Waals surface area contributed by atoms with Gasteiger partial charge in [-0.15, -0.1) is 0 Å². The van der Waals surface area contributed by atoms with Gasteiger partial charge in [-0.25, -0.2) is 0 Å². The third-order valence-corrected chi connectivity index (χ3v) is 6.49. The lowest BCUT2D eigenvalue weighted by atomic mass is 9.52. The fraction of sp³-hybridized carbons (Fsp3) is 0.524. The van der Waals surface area contributed by atoms with Gasteiger partial charge in [-0.05, 0) is 18.9 Å². The number of hydrogen-bond acceptors (Lipinski definition) is 7. The average molecular weight is 376 g/mol. The Labute approximate surface area is 163 Å². The Morgan fingerprint density at radius 3 is 2.54 bits per heavy atom. The Kier molecular flexibility index (Phi) is 4.07. The number of hydrogen-bond donors (Lipinski definition) is 1. The van der Waals surface area contributed by atoms with Gasteiger partial charge in [0.1, 0.15) is 11.9 Å². The van der Waals surface area contributed by atoms with Gasteiger partial charge >= 0.3 is 0 Å². The first-order valence-electron chi connectivity index (χ1n) is 9.38. The van der Waals surface area contributed by atoms with E-state index in [0.29, 0.717) is 24.2 Å². The van der Waals surface area contributed by atoms with E-state index in [1.54, 1.807) is 24.3 Å². The highest BCUT2D eigenvalue weighted by Gasteiger charge is 2.80. The van der Waals surface area contributed by atoms with E-state index in [1.807, 2.05) is 0 Å². The van der Waals surface area contributed by atoms with E-state index < -0.39 is 28.6 Å². The van der Waals surface area contributed by atoms with Crippen LogP contribution < -0.4 is 4.74 Å². The van der Waals surface area contributed by atoms with Gasteiger partial charge in [0.25, 0.3) is 0 Å². The van der Waals surface area contributed by atoms with Crippen molar-refractivity contribution < 1.29 is 14.2 Å². The Hall–Kier alpha value is -3.08. The molecule has 1 aromatic rings. The molecule has 1 saturated carbocycles. The summed E-state index contributed by atoms with van der Waals surface area (Å²) in [5.74, 6) is -1.58. The summed E-state index contributed by atoms with van der Waals surface area (Å²) in [5, 5.41) is 39.3. The van der Waals surface area contributed by atoms with Crippen molar-refractivity contribution in [3.63, 3.8) is 0 Å². The molecule has 7 nitrogen and oxygen atoms in total. The van der Waals surface area contributed by atoms with Crippen molar-refractivity contribution in [1.29, 1.82) is 21.2 Å². The Bertz CT molecular complexity index is 942. The molecule has 7 heteroatoms. The van der Waals surface area contributed by atoms with E-state index >= 15 is 0 Å².